The smallest absolute Gasteiger partial charge is 0.151 e. The normalized spacial score (nSPS) is 21.9. The molecule has 1 heterocycles. The van der Waals surface area contributed by atoms with Crippen molar-refractivity contribution in [2.45, 2.75) is 23.9 Å². The van der Waals surface area contributed by atoms with E-state index in [4.69, 9.17) is 9.47 Å². The van der Waals surface area contributed by atoms with Gasteiger partial charge >= 0.3 is 0 Å². The zero-order chi connectivity index (χ0) is 24.2. The average molecular weight is 464 g/mol. The highest BCUT2D eigenvalue weighted by Gasteiger charge is 2.45. The van der Waals surface area contributed by atoms with Crippen LogP contribution in [-0.2, 0) is 4.79 Å². The molecule has 1 fully saturated rings. The molecule has 0 aromatic heterocycles. The Balaban J connectivity index is 1.64. The van der Waals surface area contributed by atoms with Crippen molar-refractivity contribution >= 4 is 5.78 Å². The number of piperidine rings is 1. The number of carbonyl (C=O) groups excluding carboxylic acids is 1. The second-order valence-corrected chi connectivity index (χ2v) is 8.85. The molecular formula is C31H29NO3. The van der Waals surface area contributed by atoms with Crippen LogP contribution in [0.4, 0.5) is 0 Å². The quantitative estimate of drug-likeness (QED) is 0.368. The SMILES string of the molecule is COc1ccc([C@@H]2N[C@@H](c3ccc(OC)cc3)[C@@H](c3ccccc3)C(=O)[C@@H]2c2ccccc2)cc1. The van der Waals surface area contributed by atoms with E-state index in [-0.39, 0.29) is 29.7 Å². The summed E-state index contributed by atoms with van der Waals surface area (Å²) in [5.41, 5.74) is 4.14. The lowest BCUT2D eigenvalue weighted by Crippen LogP contribution is -2.46. The van der Waals surface area contributed by atoms with Crippen LogP contribution in [0.15, 0.2) is 109 Å². The van der Waals surface area contributed by atoms with Crippen LogP contribution in [0.2, 0.25) is 0 Å². The van der Waals surface area contributed by atoms with Gasteiger partial charge in [-0.1, -0.05) is 84.9 Å². The highest BCUT2D eigenvalue weighted by Crippen LogP contribution is 2.47. The molecule has 4 aromatic rings. The number of ether oxygens (including phenoxy) is 2. The molecule has 1 aliphatic heterocycles. The Morgan fingerprint density at radius 2 is 0.886 bits per heavy atom. The molecule has 4 heteroatoms. The van der Waals surface area contributed by atoms with Gasteiger partial charge in [-0.05, 0) is 46.5 Å². The van der Waals surface area contributed by atoms with Crippen LogP contribution < -0.4 is 14.8 Å². The fourth-order valence-corrected chi connectivity index (χ4v) is 5.14. The number of methoxy groups -OCH3 is 2. The number of hydrogen-bond donors (Lipinski definition) is 1. The number of carbonyl (C=O) groups is 1. The van der Waals surface area contributed by atoms with Gasteiger partial charge in [0.25, 0.3) is 0 Å². The number of hydrogen-bond acceptors (Lipinski definition) is 4. The number of benzene rings is 4. The first-order chi connectivity index (χ1) is 17.2. The van der Waals surface area contributed by atoms with Gasteiger partial charge in [0.05, 0.1) is 26.1 Å². The first-order valence-corrected chi connectivity index (χ1v) is 11.9. The highest BCUT2D eigenvalue weighted by atomic mass is 16.5. The van der Waals surface area contributed by atoms with Crippen molar-refractivity contribution < 1.29 is 14.3 Å². The summed E-state index contributed by atoms with van der Waals surface area (Å²) in [5.74, 6) is 1.14. The molecule has 1 saturated heterocycles. The second-order valence-electron chi connectivity index (χ2n) is 8.85. The van der Waals surface area contributed by atoms with Crippen LogP contribution >= 0.6 is 0 Å². The Morgan fingerprint density at radius 1 is 0.514 bits per heavy atom. The average Bonchev–Trinajstić information content (AvgIpc) is 2.93. The first kappa shape index (κ1) is 22.9. The standard InChI is InChI=1S/C31H29NO3/c1-34-25-17-13-23(14-18-25)29-27(21-9-5-3-6-10-21)31(33)28(22-11-7-4-8-12-22)30(32-29)24-15-19-26(35-2)20-16-24/h3-20,27-30,32H,1-2H3/t27-,28-,29+,30+/m1/s1. The number of nitrogens with one attached hydrogen (secondary N) is 1. The Morgan fingerprint density at radius 3 is 1.23 bits per heavy atom. The van der Waals surface area contributed by atoms with E-state index >= 15 is 0 Å². The maximum absolute atomic E-state index is 14.5. The molecule has 1 N–H and O–H groups in total. The molecule has 0 radical (unpaired) electrons. The number of ketones is 1. The number of rotatable bonds is 6. The molecule has 0 saturated carbocycles. The van der Waals surface area contributed by atoms with Crippen LogP contribution in [0.1, 0.15) is 46.2 Å². The molecule has 176 valence electrons. The predicted octanol–water partition coefficient (Wildman–Crippen LogP) is 6.23. The van der Waals surface area contributed by atoms with E-state index in [0.717, 1.165) is 33.8 Å². The van der Waals surface area contributed by atoms with E-state index in [1.165, 1.54) is 0 Å². The summed E-state index contributed by atoms with van der Waals surface area (Å²) in [6.07, 6.45) is 0. The molecule has 5 rings (SSSR count). The summed E-state index contributed by atoms with van der Waals surface area (Å²) in [5, 5.41) is 3.89. The molecule has 4 atom stereocenters. The van der Waals surface area contributed by atoms with Crippen LogP contribution in [-0.4, -0.2) is 20.0 Å². The minimum absolute atomic E-state index is 0.192. The Bertz CT molecular complexity index is 1160. The van der Waals surface area contributed by atoms with Crippen LogP contribution in [0.3, 0.4) is 0 Å². The van der Waals surface area contributed by atoms with E-state index in [0.29, 0.717) is 0 Å². The molecule has 0 bridgehead atoms. The number of Topliss-reactive ketones (excluding diaryl/α,β-unsaturated/α-hetero) is 1. The molecule has 1 aliphatic rings. The Kier molecular flexibility index (Phi) is 6.64. The van der Waals surface area contributed by atoms with Crippen LogP contribution in [0.5, 0.6) is 11.5 Å². The van der Waals surface area contributed by atoms with Gasteiger partial charge < -0.3 is 14.8 Å². The van der Waals surface area contributed by atoms with E-state index in [1.54, 1.807) is 14.2 Å². The first-order valence-electron chi connectivity index (χ1n) is 11.9. The lowest BCUT2D eigenvalue weighted by Gasteiger charge is -2.42. The van der Waals surface area contributed by atoms with Gasteiger partial charge in [0.2, 0.25) is 0 Å². The minimum atomic E-state index is -0.329. The maximum atomic E-state index is 14.5. The largest absolute Gasteiger partial charge is 0.497 e. The summed E-state index contributed by atoms with van der Waals surface area (Å²) in [6, 6.07) is 35.8. The maximum Gasteiger partial charge on any atom is 0.151 e. The van der Waals surface area contributed by atoms with Gasteiger partial charge in [-0.3, -0.25) is 4.79 Å². The van der Waals surface area contributed by atoms with Gasteiger partial charge in [0.15, 0.2) is 5.78 Å². The van der Waals surface area contributed by atoms with Gasteiger partial charge in [-0.15, -0.1) is 0 Å². The fraction of sp³-hybridized carbons (Fsp3) is 0.194. The van der Waals surface area contributed by atoms with Crippen LogP contribution in [0.25, 0.3) is 0 Å². The predicted molar refractivity (Wildman–Crippen MR) is 138 cm³/mol. The molecule has 0 amide bonds. The molecule has 35 heavy (non-hydrogen) atoms. The monoisotopic (exact) mass is 463 g/mol. The minimum Gasteiger partial charge on any atom is -0.497 e. The van der Waals surface area contributed by atoms with E-state index in [9.17, 15) is 4.79 Å². The van der Waals surface area contributed by atoms with Gasteiger partial charge in [-0.2, -0.15) is 0 Å². The molecule has 4 nitrogen and oxygen atoms in total. The summed E-state index contributed by atoms with van der Waals surface area (Å²) >= 11 is 0. The van der Waals surface area contributed by atoms with Gasteiger partial charge in [0, 0.05) is 12.1 Å². The topological polar surface area (TPSA) is 47.6 Å². The Hall–Kier alpha value is -3.89. The van der Waals surface area contributed by atoms with E-state index < -0.39 is 0 Å². The summed E-state index contributed by atoms with van der Waals surface area (Å²) in [6.45, 7) is 0. The third-order valence-corrected chi connectivity index (χ3v) is 6.91. The third kappa shape index (κ3) is 4.58. The van der Waals surface area contributed by atoms with E-state index in [1.807, 2.05) is 84.9 Å². The van der Waals surface area contributed by atoms with Crippen molar-refractivity contribution in [2.24, 2.45) is 0 Å². The molecule has 0 aliphatic carbocycles. The van der Waals surface area contributed by atoms with Crippen molar-refractivity contribution in [1.82, 2.24) is 5.32 Å². The highest BCUT2D eigenvalue weighted by molar-refractivity contribution is 5.94. The van der Waals surface area contributed by atoms with Gasteiger partial charge in [0.1, 0.15) is 11.5 Å². The van der Waals surface area contributed by atoms with Crippen molar-refractivity contribution in [1.29, 1.82) is 0 Å². The van der Waals surface area contributed by atoms with Gasteiger partial charge in [-0.25, -0.2) is 0 Å². The molecule has 0 unspecified atom stereocenters. The second kappa shape index (κ2) is 10.2. The zero-order valence-corrected chi connectivity index (χ0v) is 19.9. The van der Waals surface area contributed by atoms with E-state index in [2.05, 4.69) is 29.6 Å². The fourth-order valence-electron chi connectivity index (χ4n) is 5.14. The van der Waals surface area contributed by atoms with Crippen molar-refractivity contribution in [3.63, 3.8) is 0 Å². The zero-order valence-electron chi connectivity index (χ0n) is 19.9. The Labute approximate surface area is 206 Å². The summed E-state index contributed by atoms with van der Waals surface area (Å²) < 4.78 is 10.8. The molecular weight excluding hydrogens is 434 g/mol. The molecule has 4 aromatic carbocycles. The lowest BCUT2D eigenvalue weighted by molar-refractivity contribution is -0.125. The van der Waals surface area contributed by atoms with Crippen molar-refractivity contribution in [3.8, 4) is 11.5 Å². The van der Waals surface area contributed by atoms with Crippen molar-refractivity contribution in [3.05, 3.63) is 131 Å². The lowest BCUT2D eigenvalue weighted by atomic mass is 9.70. The molecule has 0 spiro atoms. The summed E-state index contributed by atoms with van der Waals surface area (Å²) in [4.78, 5) is 14.5. The van der Waals surface area contributed by atoms with Crippen molar-refractivity contribution in [2.75, 3.05) is 14.2 Å². The van der Waals surface area contributed by atoms with Crippen LogP contribution in [0, 0.1) is 0 Å². The third-order valence-electron chi connectivity index (χ3n) is 6.91. The summed E-state index contributed by atoms with van der Waals surface area (Å²) in [7, 11) is 3.32.